The van der Waals surface area contributed by atoms with E-state index in [1.54, 1.807) is 31.2 Å². The highest BCUT2D eigenvalue weighted by atomic mass is 32.2. The molecule has 0 unspecified atom stereocenters. The van der Waals surface area contributed by atoms with E-state index in [9.17, 15) is 9.59 Å². The fourth-order valence-corrected chi connectivity index (χ4v) is 3.98. The molecule has 1 N–H and O–H groups in total. The van der Waals surface area contributed by atoms with Crippen LogP contribution in [0.3, 0.4) is 0 Å². The Bertz CT molecular complexity index is 1160. The highest BCUT2D eigenvalue weighted by Gasteiger charge is 2.15. The number of carbonyl (C=O) groups excluding carboxylic acids is 2. The Labute approximate surface area is 204 Å². The molecule has 3 rings (SSSR count). The molecule has 0 bridgehead atoms. The predicted octanol–water partition coefficient (Wildman–Crippen LogP) is 4.73. The van der Waals surface area contributed by atoms with Gasteiger partial charge in [-0.05, 0) is 55.2 Å². The van der Waals surface area contributed by atoms with Crippen LogP contribution in [0.2, 0.25) is 0 Å². The van der Waals surface area contributed by atoms with Gasteiger partial charge in [-0.2, -0.15) is 0 Å². The Kier molecular flexibility index (Phi) is 8.70. The molecule has 0 saturated heterocycles. The van der Waals surface area contributed by atoms with Gasteiger partial charge in [-0.3, -0.25) is 4.79 Å². The fourth-order valence-electron chi connectivity index (χ4n) is 3.25. The standard InChI is InChI=1S/C25H30N4O4S/c1-6-32-24(31)18-8-7-9-19(13-18)26-23(30)15-34-25-28-27-22(29(25)5)14-33-21-12-17(4)10-11-20(21)16(2)3/h7-13,16H,6,14-15H2,1-5H3,(H,26,30). The summed E-state index contributed by atoms with van der Waals surface area (Å²) in [4.78, 5) is 24.3. The molecule has 1 aromatic heterocycles. The first kappa shape index (κ1) is 25.3. The number of nitrogens with one attached hydrogen (secondary N) is 1. The van der Waals surface area contributed by atoms with Gasteiger partial charge in [0, 0.05) is 12.7 Å². The molecule has 0 radical (unpaired) electrons. The summed E-state index contributed by atoms with van der Waals surface area (Å²) in [6.07, 6.45) is 0. The van der Waals surface area contributed by atoms with Crippen LogP contribution in [0.5, 0.6) is 5.75 Å². The van der Waals surface area contributed by atoms with E-state index in [1.165, 1.54) is 11.8 Å². The molecule has 0 fully saturated rings. The molecule has 0 aliphatic rings. The predicted molar refractivity (Wildman–Crippen MR) is 132 cm³/mol. The van der Waals surface area contributed by atoms with Crippen LogP contribution in [-0.4, -0.2) is 39.0 Å². The minimum Gasteiger partial charge on any atom is -0.485 e. The van der Waals surface area contributed by atoms with Crippen molar-refractivity contribution in [3.8, 4) is 5.75 Å². The highest BCUT2D eigenvalue weighted by molar-refractivity contribution is 7.99. The second-order valence-corrected chi connectivity index (χ2v) is 9.02. The molecule has 34 heavy (non-hydrogen) atoms. The zero-order valence-corrected chi connectivity index (χ0v) is 20.9. The molecule has 1 heterocycles. The van der Waals surface area contributed by atoms with Crippen molar-refractivity contribution in [3.63, 3.8) is 0 Å². The molecular formula is C25H30N4O4S. The van der Waals surface area contributed by atoms with Gasteiger partial charge >= 0.3 is 5.97 Å². The third-order valence-corrected chi connectivity index (χ3v) is 6.08. The van der Waals surface area contributed by atoms with Crippen molar-refractivity contribution >= 4 is 29.3 Å². The maximum atomic E-state index is 12.4. The van der Waals surface area contributed by atoms with Crippen molar-refractivity contribution in [1.29, 1.82) is 0 Å². The van der Waals surface area contributed by atoms with Crippen LogP contribution in [0.25, 0.3) is 0 Å². The Morgan fingerprint density at radius 2 is 1.94 bits per heavy atom. The van der Waals surface area contributed by atoms with E-state index >= 15 is 0 Å². The lowest BCUT2D eigenvalue weighted by Crippen LogP contribution is -2.15. The Hall–Kier alpha value is -3.33. The number of hydrogen-bond acceptors (Lipinski definition) is 7. The van der Waals surface area contributed by atoms with Gasteiger partial charge in [0.2, 0.25) is 5.91 Å². The van der Waals surface area contributed by atoms with Crippen LogP contribution in [-0.2, 0) is 23.2 Å². The fraction of sp³-hybridized carbons (Fsp3) is 0.360. The number of thioether (sulfide) groups is 1. The SMILES string of the molecule is CCOC(=O)c1cccc(NC(=O)CSc2nnc(COc3cc(C)ccc3C(C)C)n2C)c1. The van der Waals surface area contributed by atoms with Crippen LogP contribution in [0.4, 0.5) is 5.69 Å². The zero-order valence-electron chi connectivity index (χ0n) is 20.1. The van der Waals surface area contributed by atoms with Gasteiger partial charge in [-0.25, -0.2) is 4.79 Å². The van der Waals surface area contributed by atoms with Crippen LogP contribution in [0, 0.1) is 6.92 Å². The van der Waals surface area contributed by atoms with E-state index in [2.05, 4.69) is 41.5 Å². The average Bonchev–Trinajstić information content (AvgIpc) is 3.15. The number of esters is 1. The number of anilines is 1. The summed E-state index contributed by atoms with van der Waals surface area (Å²) >= 11 is 1.28. The van der Waals surface area contributed by atoms with Crippen molar-refractivity contribution < 1.29 is 19.1 Å². The van der Waals surface area contributed by atoms with Crippen LogP contribution < -0.4 is 10.1 Å². The lowest BCUT2D eigenvalue weighted by atomic mass is 10.0. The van der Waals surface area contributed by atoms with Gasteiger partial charge in [0.05, 0.1) is 17.9 Å². The average molecular weight is 483 g/mol. The monoisotopic (exact) mass is 482 g/mol. The Balaban J connectivity index is 1.57. The number of amides is 1. The molecule has 0 aliphatic carbocycles. The van der Waals surface area contributed by atoms with Gasteiger partial charge in [0.15, 0.2) is 11.0 Å². The van der Waals surface area contributed by atoms with E-state index in [0.717, 1.165) is 16.9 Å². The Morgan fingerprint density at radius 1 is 1.15 bits per heavy atom. The first-order chi connectivity index (χ1) is 16.3. The van der Waals surface area contributed by atoms with Crippen molar-refractivity contribution in [3.05, 3.63) is 65.0 Å². The molecular weight excluding hydrogens is 452 g/mol. The highest BCUT2D eigenvalue weighted by Crippen LogP contribution is 2.28. The van der Waals surface area contributed by atoms with Crippen molar-refractivity contribution in [2.45, 2.75) is 45.4 Å². The molecule has 0 atom stereocenters. The molecule has 0 aliphatic heterocycles. The van der Waals surface area contributed by atoms with E-state index in [0.29, 0.717) is 34.8 Å². The summed E-state index contributed by atoms with van der Waals surface area (Å²) < 4.78 is 12.9. The first-order valence-electron chi connectivity index (χ1n) is 11.1. The number of ether oxygens (including phenoxy) is 2. The van der Waals surface area contributed by atoms with Crippen molar-refractivity contribution in [2.24, 2.45) is 7.05 Å². The second kappa shape index (κ2) is 11.7. The number of carbonyl (C=O) groups is 2. The molecule has 9 heteroatoms. The van der Waals surface area contributed by atoms with Gasteiger partial charge < -0.3 is 19.4 Å². The molecule has 1 amide bonds. The Morgan fingerprint density at radius 3 is 2.68 bits per heavy atom. The summed E-state index contributed by atoms with van der Waals surface area (Å²) in [7, 11) is 1.85. The van der Waals surface area contributed by atoms with Crippen LogP contribution >= 0.6 is 11.8 Å². The second-order valence-electron chi connectivity index (χ2n) is 8.08. The number of benzene rings is 2. The quantitative estimate of drug-likeness (QED) is 0.330. The van der Waals surface area contributed by atoms with Crippen LogP contribution in [0.15, 0.2) is 47.6 Å². The smallest absolute Gasteiger partial charge is 0.338 e. The number of rotatable bonds is 10. The number of nitrogens with zero attached hydrogens (tertiary/aromatic N) is 3. The van der Waals surface area contributed by atoms with E-state index < -0.39 is 5.97 Å². The molecule has 0 saturated carbocycles. The van der Waals surface area contributed by atoms with Gasteiger partial charge in [0.1, 0.15) is 12.4 Å². The van der Waals surface area contributed by atoms with E-state index in [4.69, 9.17) is 9.47 Å². The summed E-state index contributed by atoms with van der Waals surface area (Å²) in [6, 6.07) is 12.9. The van der Waals surface area contributed by atoms with Crippen LogP contribution in [0.1, 0.15) is 54.0 Å². The first-order valence-corrected chi connectivity index (χ1v) is 12.1. The van der Waals surface area contributed by atoms with E-state index in [-0.39, 0.29) is 18.3 Å². The third-order valence-electron chi connectivity index (χ3n) is 5.06. The zero-order chi connectivity index (χ0) is 24.7. The normalized spacial score (nSPS) is 10.9. The maximum absolute atomic E-state index is 12.4. The summed E-state index contributed by atoms with van der Waals surface area (Å²) in [5.74, 6) is 1.36. The van der Waals surface area contributed by atoms with Gasteiger partial charge in [-0.15, -0.1) is 10.2 Å². The number of aryl methyl sites for hydroxylation is 1. The number of aromatic nitrogens is 3. The maximum Gasteiger partial charge on any atom is 0.338 e. The topological polar surface area (TPSA) is 95.3 Å². The molecule has 8 nitrogen and oxygen atoms in total. The molecule has 2 aromatic carbocycles. The lowest BCUT2D eigenvalue weighted by Gasteiger charge is -2.14. The minimum atomic E-state index is -0.423. The third kappa shape index (κ3) is 6.60. The largest absolute Gasteiger partial charge is 0.485 e. The molecule has 180 valence electrons. The summed E-state index contributed by atoms with van der Waals surface area (Å²) in [6.45, 7) is 8.61. The van der Waals surface area contributed by atoms with Crippen molar-refractivity contribution in [2.75, 3.05) is 17.7 Å². The van der Waals surface area contributed by atoms with Crippen molar-refractivity contribution in [1.82, 2.24) is 14.8 Å². The summed E-state index contributed by atoms with van der Waals surface area (Å²) in [5.41, 5.74) is 3.19. The minimum absolute atomic E-state index is 0.145. The summed E-state index contributed by atoms with van der Waals surface area (Å²) in [5, 5.41) is 11.8. The number of hydrogen-bond donors (Lipinski definition) is 1. The lowest BCUT2D eigenvalue weighted by molar-refractivity contribution is -0.113. The molecule has 3 aromatic rings. The van der Waals surface area contributed by atoms with Gasteiger partial charge in [0.25, 0.3) is 0 Å². The van der Waals surface area contributed by atoms with E-state index in [1.807, 2.05) is 24.6 Å². The molecule has 0 spiro atoms. The van der Waals surface area contributed by atoms with Gasteiger partial charge in [-0.1, -0.05) is 43.8 Å².